The molecule has 2 nitrogen and oxygen atoms in total. The van der Waals surface area contributed by atoms with Crippen molar-refractivity contribution in [1.82, 2.24) is 4.90 Å². The third kappa shape index (κ3) is 4.97. The van der Waals surface area contributed by atoms with Crippen LogP contribution in [0.15, 0.2) is 0 Å². The summed E-state index contributed by atoms with van der Waals surface area (Å²) in [6.45, 7) is 14.7. The zero-order valence-electron chi connectivity index (χ0n) is 12.8. The van der Waals surface area contributed by atoms with Crippen molar-refractivity contribution in [3.8, 4) is 0 Å². The fourth-order valence-corrected chi connectivity index (χ4v) is 2.87. The van der Waals surface area contributed by atoms with Gasteiger partial charge in [0.25, 0.3) is 0 Å². The zero-order valence-corrected chi connectivity index (χ0v) is 12.8. The molecule has 0 saturated heterocycles. The summed E-state index contributed by atoms with van der Waals surface area (Å²) in [5.41, 5.74) is 6.30. The molecule has 0 aliphatic heterocycles. The molecular weight excluding hydrogens is 208 g/mol. The first kappa shape index (κ1) is 16.9. The number of rotatable bonds is 10. The second kappa shape index (κ2) is 8.93. The Morgan fingerprint density at radius 3 is 2.00 bits per heavy atom. The highest BCUT2D eigenvalue weighted by Crippen LogP contribution is 2.25. The Kier molecular flexibility index (Phi) is 8.89. The lowest BCUT2D eigenvalue weighted by atomic mass is 9.89. The van der Waals surface area contributed by atoms with Gasteiger partial charge in [0.05, 0.1) is 0 Å². The highest BCUT2D eigenvalue weighted by molar-refractivity contribution is 4.90. The van der Waals surface area contributed by atoms with Crippen LogP contribution in [0.25, 0.3) is 0 Å². The maximum atomic E-state index is 6.07. The van der Waals surface area contributed by atoms with Gasteiger partial charge < -0.3 is 5.73 Å². The summed E-state index contributed by atoms with van der Waals surface area (Å²) in [5.74, 6) is 0.788. The highest BCUT2D eigenvalue weighted by Gasteiger charge is 2.31. The van der Waals surface area contributed by atoms with Crippen molar-refractivity contribution < 1.29 is 0 Å². The first-order chi connectivity index (χ1) is 8.10. The smallest absolute Gasteiger partial charge is 0.0326 e. The van der Waals surface area contributed by atoms with E-state index in [1.807, 2.05) is 0 Å². The van der Waals surface area contributed by atoms with Crippen LogP contribution in [0.5, 0.6) is 0 Å². The molecule has 0 heterocycles. The van der Waals surface area contributed by atoms with E-state index in [2.05, 4.69) is 39.5 Å². The van der Waals surface area contributed by atoms with Gasteiger partial charge in [-0.05, 0) is 38.1 Å². The van der Waals surface area contributed by atoms with E-state index in [9.17, 15) is 0 Å². The highest BCUT2D eigenvalue weighted by atomic mass is 15.2. The summed E-state index contributed by atoms with van der Waals surface area (Å²) in [4.78, 5) is 2.66. The molecule has 0 amide bonds. The Hall–Kier alpha value is -0.0800. The topological polar surface area (TPSA) is 29.3 Å². The Morgan fingerprint density at radius 1 is 1.06 bits per heavy atom. The van der Waals surface area contributed by atoms with Crippen LogP contribution in [-0.2, 0) is 0 Å². The first-order valence-corrected chi connectivity index (χ1v) is 7.55. The van der Waals surface area contributed by atoms with Crippen molar-refractivity contribution in [1.29, 1.82) is 0 Å². The van der Waals surface area contributed by atoms with Gasteiger partial charge >= 0.3 is 0 Å². The number of nitrogens with two attached hydrogens (primary N) is 1. The van der Waals surface area contributed by atoms with E-state index in [4.69, 9.17) is 5.73 Å². The first-order valence-electron chi connectivity index (χ1n) is 7.55. The van der Waals surface area contributed by atoms with Gasteiger partial charge in [-0.25, -0.2) is 0 Å². The Morgan fingerprint density at radius 2 is 1.65 bits per heavy atom. The Labute approximate surface area is 109 Å². The van der Waals surface area contributed by atoms with Gasteiger partial charge in [0.2, 0.25) is 0 Å². The SMILES string of the molecule is CCCC(C)CN(CCC)C(CC)(CC)CN. The molecule has 0 radical (unpaired) electrons. The van der Waals surface area contributed by atoms with Crippen LogP contribution in [0, 0.1) is 5.92 Å². The van der Waals surface area contributed by atoms with Gasteiger partial charge in [-0.1, -0.05) is 41.0 Å². The maximum absolute atomic E-state index is 6.07. The van der Waals surface area contributed by atoms with Gasteiger partial charge in [0.1, 0.15) is 0 Å². The molecular formula is C15H34N2. The van der Waals surface area contributed by atoms with Gasteiger partial charge in [-0.15, -0.1) is 0 Å². The second-order valence-corrected chi connectivity index (χ2v) is 5.48. The summed E-state index contributed by atoms with van der Waals surface area (Å²) in [6.07, 6.45) is 6.17. The van der Waals surface area contributed by atoms with E-state index < -0.39 is 0 Å². The number of hydrogen-bond acceptors (Lipinski definition) is 2. The lowest BCUT2D eigenvalue weighted by molar-refractivity contribution is 0.0682. The van der Waals surface area contributed by atoms with Crippen LogP contribution in [0.3, 0.4) is 0 Å². The van der Waals surface area contributed by atoms with Crippen LogP contribution in [0.2, 0.25) is 0 Å². The van der Waals surface area contributed by atoms with Crippen molar-refractivity contribution in [2.45, 2.75) is 72.3 Å². The van der Waals surface area contributed by atoms with Gasteiger partial charge in [0.15, 0.2) is 0 Å². The van der Waals surface area contributed by atoms with Crippen LogP contribution in [-0.4, -0.2) is 30.1 Å². The number of hydrogen-bond donors (Lipinski definition) is 1. The summed E-state index contributed by atoms with van der Waals surface area (Å²) in [7, 11) is 0. The molecule has 17 heavy (non-hydrogen) atoms. The predicted molar refractivity (Wildman–Crippen MR) is 78.3 cm³/mol. The van der Waals surface area contributed by atoms with E-state index in [0.717, 1.165) is 12.5 Å². The minimum atomic E-state index is 0.234. The van der Waals surface area contributed by atoms with Crippen molar-refractivity contribution >= 4 is 0 Å². The molecule has 0 fully saturated rings. The van der Waals surface area contributed by atoms with Crippen LogP contribution >= 0.6 is 0 Å². The molecule has 0 aromatic heterocycles. The summed E-state index contributed by atoms with van der Waals surface area (Å²) < 4.78 is 0. The Bertz CT molecular complexity index is 167. The van der Waals surface area contributed by atoms with Gasteiger partial charge in [-0.3, -0.25) is 4.90 Å². The van der Waals surface area contributed by atoms with E-state index in [1.165, 1.54) is 45.2 Å². The molecule has 0 aromatic rings. The zero-order chi connectivity index (χ0) is 13.3. The predicted octanol–water partition coefficient (Wildman–Crippen LogP) is 3.65. The van der Waals surface area contributed by atoms with E-state index in [0.29, 0.717) is 0 Å². The fourth-order valence-electron chi connectivity index (χ4n) is 2.87. The molecule has 104 valence electrons. The molecule has 0 bridgehead atoms. The third-order valence-corrected chi connectivity index (χ3v) is 4.17. The fraction of sp³-hybridized carbons (Fsp3) is 1.00. The summed E-state index contributed by atoms with van der Waals surface area (Å²) >= 11 is 0. The van der Waals surface area contributed by atoms with Crippen LogP contribution in [0.1, 0.15) is 66.7 Å². The molecule has 0 aliphatic carbocycles. The Balaban J connectivity index is 4.67. The van der Waals surface area contributed by atoms with Crippen LogP contribution in [0.4, 0.5) is 0 Å². The van der Waals surface area contributed by atoms with Crippen molar-refractivity contribution in [2.75, 3.05) is 19.6 Å². The van der Waals surface area contributed by atoms with Gasteiger partial charge in [0, 0.05) is 18.6 Å². The molecule has 1 atom stereocenters. The minimum Gasteiger partial charge on any atom is -0.329 e. The van der Waals surface area contributed by atoms with Gasteiger partial charge in [-0.2, -0.15) is 0 Å². The number of nitrogens with zero attached hydrogens (tertiary/aromatic N) is 1. The normalized spacial score (nSPS) is 14.3. The van der Waals surface area contributed by atoms with E-state index in [1.54, 1.807) is 0 Å². The van der Waals surface area contributed by atoms with Crippen molar-refractivity contribution in [2.24, 2.45) is 11.7 Å². The standard InChI is InChI=1S/C15H34N2/c1-6-10-14(5)12-17(11-7-2)15(8-3,9-4)13-16/h14H,6-13,16H2,1-5H3. The molecule has 0 saturated carbocycles. The second-order valence-electron chi connectivity index (χ2n) is 5.48. The molecule has 0 aliphatic rings. The molecule has 2 N–H and O–H groups in total. The average molecular weight is 242 g/mol. The summed E-state index contributed by atoms with van der Waals surface area (Å²) in [6, 6.07) is 0. The molecule has 0 rings (SSSR count). The monoisotopic (exact) mass is 242 g/mol. The molecule has 2 heteroatoms. The molecule has 0 aromatic carbocycles. The lowest BCUT2D eigenvalue weighted by Gasteiger charge is -2.44. The van der Waals surface area contributed by atoms with Crippen molar-refractivity contribution in [3.63, 3.8) is 0 Å². The van der Waals surface area contributed by atoms with Crippen LogP contribution < -0.4 is 5.73 Å². The average Bonchev–Trinajstić information content (AvgIpc) is 2.32. The van der Waals surface area contributed by atoms with Crippen molar-refractivity contribution in [3.05, 3.63) is 0 Å². The minimum absolute atomic E-state index is 0.234. The molecule has 0 spiro atoms. The third-order valence-electron chi connectivity index (χ3n) is 4.17. The van der Waals surface area contributed by atoms with E-state index in [-0.39, 0.29) is 5.54 Å². The molecule has 1 unspecified atom stereocenters. The maximum Gasteiger partial charge on any atom is 0.0326 e. The quantitative estimate of drug-likeness (QED) is 0.633. The lowest BCUT2D eigenvalue weighted by Crippen LogP contribution is -2.54. The largest absolute Gasteiger partial charge is 0.329 e. The summed E-state index contributed by atoms with van der Waals surface area (Å²) in [5, 5.41) is 0. The van der Waals surface area contributed by atoms with E-state index >= 15 is 0 Å².